The van der Waals surface area contributed by atoms with Crippen LogP contribution in [0.1, 0.15) is 5.69 Å². The smallest absolute Gasteiger partial charge is 0.433 e. The summed E-state index contributed by atoms with van der Waals surface area (Å²) in [6.45, 7) is 0. The summed E-state index contributed by atoms with van der Waals surface area (Å²) >= 11 is 0. The molecule has 3 aromatic rings. The molecule has 2 heterocycles. The van der Waals surface area contributed by atoms with Crippen molar-refractivity contribution in [2.24, 2.45) is 0 Å². The van der Waals surface area contributed by atoms with Crippen LogP contribution in [-0.4, -0.2) is 35.3 Å². The molecule has 0 fully saturated rings. The molecule has 0 saturated carbocycles. The highest BCUT2D eigenvalue weighted by Crippen LogP contribution is 2.39. The average molecular weight is 379 g/mol. The van der Waals surface area contributed by atoms with E-state index >= 15 is 0 Å². The van der Waals surface area contributed by atoms with Gasteiger partial charge in [-0.3, -0.25) is 15.1 Å². The van der Waals surface area contributed by atoms with Gasteiger partial charge in [-0.05, 0) is 18.2 Å². The molecule has 2 aromatic heterocycles. The molecule has 0 aliphatic heterocycles. The van der Waals surface area contributed by atoms with Gasteiger partial charge in [-0.1, -0.05) is 0 Å². The molecule has 0 bridgehead atoms. The average Bonchev–Trinajstić information content (AvgIpc) is 2.63. The zero-order chi connectivity index (χ0) is 19.8. The maximum Gasteiger partial charge on any atom is 0.433 e. The van der Waals surface area contributed by atoms with Crippen molar-refractivity contribution in [1.29, 1.82) is 0 Å². The number of nitro benzene ring substituents is 1. The summed E-state index contributed by atoms with van der Waals surface area (Å²) in [5.74, 6) is -1.72. The Balaban J connectivity index is 2.03. The minimum absolute atomic E-state index is 0.0401. The van der Waals surface area contributed by atoms with Gasteiger partial charge in [-0.15, -0.1) is 5.10 Å². The van der Waals surface area contributed by atoms with Gasteiger partial charge in [0, 0.05) is 23.4 Å². The van der Waals surface area contributed by atoms with Crippen molar-refractivity contribution in [3.8, 4) is 34.1 Å². The number of hydrogen-bond acceptors (Lipinski definition) is 8. The molecular formula is C15H8F3N5O4. The van der Waals surface area contributed by atoms with Gasteiger partial charge in [0.15, 0.2) is 11.6 Å². The first kappa shape index (κ1) is 18.0. The molecular weight excluding hydrogens is 371 g/mol. The number of pyridine rings is 1. The van der Waals surface area contributed by atoms with E-state index in [1.807, 2.05) is 0 Å². The van der Waals surface area contributed by atoms with Crippen LogP contribution in [0.15, 0.2) is 36.7 Å². The number of hydrogen-bond donors (Lipinski definition) is 2. The Labute approximate surface area is 147 Å². The van der Waals surface area contributed by atoms with Crippen molar-refractivity contribution in [2.75, 3.05) is 0 Å². The van der Waals surface area contributed by atoms with Crippen LogP contribution in [0.2, 0.25) is 0 Å². The number of nitro groups is 1. The fourth-order valence-electron chi connectivity index (χ4n) is 2.15. The predicted molar refractivity (Wildman–Crippen MR) is 83.5 cm³/mol. The van der Waals surface area contributed by atoms with E-state index in [0.29, 0.717) is 0 Å². The maximum atomic E-state index is 12.6. The highest BCUT2D eigenvalue weighted by molar-refractivity contribution is 5.70. The number of rotatable bonds is 3. The molecule has 9 nitrogen and oxygen atoms in total. The lowest BCUT2D eigenvalue weighted by Crippen LogP contribution is -2.07. The molecule has 0 aliphatic carbocycles. The summed E-state index contributed by atoms with van der Waals surface area (Å²) in [5, 5.41) is 37.5. The topological polar surface area (TPSA) is 135 Å². The molecule has 0 amide bonds. The summed E-state index contributed by atoms with van der Waals surface area (Å²) in [4.78, 5) is 17.4. The maximum absolute atomic E-state index is 12.6. The molecule has 2 N–H and O–H groups in total. The molecule has 138 valence electrons. The highest BCUT2D eigenvalue weighted by Gasteiger charge is 2.32. The first-order chi connectivity index (χ1) is 12.7. The second kappa shape index (κ2) is 6.48. The Hall–Kier alpha value is -3.83. The molecule has 12 heteroatoms. The Bertz CT molecular complexity index is 1020. The van der Waals surface area contributed by atoms with Gasteiger partial charge in [-0.2, -0.15) is 18.3 Å². The number of phenols is 2. The molecule has 3 rings (SSSR count). The van der Waals surface area contributed by atoms with Gasteiger partial charge in [0.05, 0.1) is 16.8 Å². The molecule has 1 aromatic carbocycles. The Kier molecular flexibility index (Phi) is 4.31. The summed E-state index contributed by atoms with van der Waals surface area (Å²) in [6.07, 6.45) is -2.54. The summed E-state index contributed by atoms with van der Waals surface area (Å²) in [5.41, 5.74) is -1.61. The van der Waals surface area contributed by atoms with Crippen LogP contribution in [0.3, 0.4) is 0 Å². The zero-order valence-corrected chi connectivity index (χ0v) is 13.0. The SMILES string of the molecule is O=[N+]([O-])c1cc(-c2cnnc(-c3ccc(C(F)(F)F)nc3)n2)cc(O)c1O. The number of nitrogens with zero attached hydrogens (tertiary/aromatic N) is 5. The lowest BCUT2D eigenvalue weighted by Gasteiger charge is -2.07. The third kappa shape index (κ3) is 3.58. The van der Waals surface area contributed by atoms with Crippen molar-refractivity contribution in [2.45, 2.75) is 6.18 Å². The summed E-state index contributed by atoms with van der Waals surface area (Å²) in [6, 6.07) is 3.85. The van der Waals surface area contributed by atoms with E-state index in [1.54, 1.807) is 0 Å². The van der Waals surface area contributed by atoms with Crippen LogP contribution in [0.5, 0.6) is 11.5 Å². The summed E-state index contributed by atoms with van der Waals surface area (Å²) < 4.78 is 37.7. The van der Waals surface area contributed by atoms with Gasteiger partial charge in [0.2, 0.25) is 5.75 Å². The van der Waals surface area contributed by atoms with E-state index in [0.717, 1.165) is 36.7 Å². The normalized spacial score (nSPS) is 11.4. The van der Waals surface area contributed by atoms with E-state index in [4.69, 9.17) is 0 Å². The predicted octanol–water partition coefficient (Wildman–Crippen LogP) is 2.94. The van der Waals surface area contributed by atoms with E-state index in [9.17, 15) is 33.5 Å². The van der Waals surface area contributed by atoms with Gasteiger partial charge < -0.3 is 10.2 Å². The zero-order valence-electron chi connectivity index (χ0n) is 13.0. The first-order valence-corrected chi connectivity index (χ1v) is 7.11. The van der Waals surface area contributed by atoms with E-state index in [1.165, 1.54) is 0 Å². The van der Waals surface area contributed by atoms with E-state index < -0.39 is 34.0 Å². The molecule has 0 radical (unpaired) electrons. The fraction of sp³-hybridized carbons (Fsp3) is 0.0667. The molecule has 0 saturated heterocycles. The second-order valence-electron chi connectivity index (χ2n) is 5.22. The quantitative estimate of drug-likeness (QED) is 0.403. The summed E-state index contributed by atoms with van der Waals surface area (Å²) in [7, 11) is 0. The monoisotopic (exact) mass is 379 g/mol. The minimum Gasteiger partial charge on any atom is -0.504 e. The first-order valence-electron chi connectivity index (χ1n) is 7.11. The van der Waals surface area contributed by atoms with Crippen molar-refractivity contribution in [3.05, 3.63) is 52.5 Å². The van der Waals surface area contributed by atoms with Gasteiger partial charge >= 0.3 is 11.9 Å². The Morgan fingerprint density at radius 2 is 1.81 bits per heavy atom. The Morgan fingerprint density at radius 1 is 1.07 bits per heavy atom. The molecule has 0 atom stereocenters. The lowest BCUT2D eigenvalue weighted by molar-refractivity contribution is -0.385. The fourth-order valence-corrected chi connectivity index (χ4v) is 2.15. The molecule has 0 aliphatic rings. The number of halogens is 3. The van der Waals surface area contributed by atoms with Crippen LogP contribution in [0, 0.1) is 10.1 Å². The van der Waals surface area contributed by atoms with Crippen LogP contribution < -0.4 is 0 Å². The third-order valence-corrected chi connectivity index (χ3v) is 3.43. The van der Waals surface area contributed by atoms with E-state index in [-0.39, 0.29) is 22.6 Å². The van der Waals surface area contributed by atoms with Crippen molar-refractivity contribution in [3.63, 3.8) is 0 Å². The van der Waals surface area contributed by atoms with Gasteiger partial charge in [0.25, 0.3) is 0 Å². The van der Waals surface area contributed by atoms with Crippen molar-refractivity contribution in [1.82, 2.24) is 20.2 Å². The second-order valence-corrected chi connectivity index (χ2v) is 5.22. The number of aromatic hydroxyl groups is 2. The number of benzene rings is 1. The van der Waals surface area contributed by atoms with Crippen LogP contribution in [-0.2, 0) is 6.18 Å². The molecule has 0 unspecified atom stereocenters. The van der Waals surface area contributed by atoms with Crippen LogP contribution in [0.4, 0.5) is 18.9 Å². The van der Waals surface area contributed by atoms with Crippen molar-refractivity contribution >= 4 is 5.69 Å². The number of aromatic nitrogens is 4. The van der Waals surface area contributed by atoms with Crippen molar-refractivity contribution < 1.29 is 28.3 Å². The number of phenolic OH excluding ortho intramolecular Hbond substituents is 2. The standard InChI is InChI=1S/C15H8F3N5O4/c16-15(17,18)12-2-1-7(5-19-12)14-21-9(6-20-22-14)8-3-10(23(26)27)13(25)11(24)4-8/h1-6,24-25H. The van der Waals surface area contributed by atoms with Crippen LogP contribution >= 0.6 is 0 Å². The number of alkyl halides is 3. The molecule has 27 heavy (non-hydrogen) atoms. The molecule has 0 spiro atoms. The minimum atomic E-state index is -4.60. The Morgan fingerprint density at radius 3 is 2.41 bits per heavy atom. The third-order valence-electron chi connectivity index (χ3n) is 3.43. The highest BCUT2D eigenvalue weighted by atomic mass is 19.4. The van der Waals surface area contributed by atoms with Gasteiger partial charge in [0.1, 0.15) is 5.69 Å². The van der Waals surface area contributed by atoms with Gasteiger partial charge in [-0.25, -0.2) is 4.98 Å². The largest absolute Gasteiger partial charge is 0.504 e. The van der Waals surface area contributed by atoms with Crippen LogP contribution in [0.25, 0.3) is 22.6 Å². The lowest BCUT2D eigenvalue weighted by atomic mass is 10.1. The van der Waals surface area contributed by atoms with E-state index in [2.05, 4.69) is 20.2 Å².